The molecule has 0 unspecified atom stereocenters. The van der Waals surface area contributed by atoms with E-state index in [0.29, 0.717) is 0 Å². The van der Waals surface area contributed by atoms with E-state index in [0.717, 1.165) is 61.3 Å². The van der Waals surface area contributed by atoms with E-state index in [1.807, 2.05) is 0 Å². The van der Waals surface area contributed by atoms with Crippen LogP contribution >= 0.6 is 0 Å². The highest BCUT2D eigenvalue weighted by Gasteiger charge is 2.29. The Morgan fingerprint density at radius 3 is 0.818 bits per heavy atom. The standard InChI is InChI=1S/C40H54N2O2/c43-31-29-41(33-37-19-9-5-10-20-37,34-38-21-11-6-12-22-38)27-17-3-1-2-4-18-28-42(30-32-44,35-39-23-13-7-14-24-39)36-40-25-15-8-16-26-40/h5-16,19-26,43-44H,1-4,17-18,27-36H2/q+2. The van der Waals surface area contributed by atoms with Crippen molar-refractivity contribution in [2.24, 2.45) is 0 Å². The number of unbranched alkanes of at least 4 members (excludes halogenated alkanes) is 5. The first kappa shape index (κ1) is 33.6. The zero-order chi connectivity index (χ0) is 30.8. The maximum atomic E-state index is 10.1. The van der Waals surface area contributed by atoms with E-state index >= 15 is 0 Å². The van der Waals surface area contributed by atoms with Crippen LogP contribution in [0.15, 0.2) is 121 Å². The van der Waals surface area contributed by atoms with Gasteiger partial charge in [-0.15, -0.1) is 0 Å². The molecule has 0 atom stereocenters. The van der Waals surface area contributed by atoms with Crippen LogP contribution in [0, 0.1) is 0 Å². The zero-order valence-corrected chi connectivity index (χ0v) is 26.6. The van der Waals surface area contributed by atoms with Crippen LogP contribution in [0.25, 0.3) is 0 Å². The SMILES string of the molecule is OCC[N+](CCCCCCCC[N+](CCO)(Cc1ccccc1)Cc1ccccc1)(Cc1ccccc1)Cc1ccccc1. The highest BCUT2D eigenvalue weighted by atomic mass is 16.3. The van der Waals surface area contributed by atoms with Gasteiger partial charge in [0, 0.05) is 22.3 Å². The van der Waals surface area contributed by atoms with E-state index in [1.165, 1.54) is 60.8 Å². The van der Waals surface area contributed by atoms with E-state index in [4.69, 9.17) is 0 Å². The summed E-state index contributed by atoms with van der Waals surface area (Å²) in [6.45, 7) is 7.92. The van der Waals surface area contributed by atoms with Crippen LogP contribution in [0.4, 0.5) is 0 Å². The van der Waals surface area contributed by atoms with Crippen LogP contribution < -0.4 is 0 Å². The maximum absolute atomic E-state index is 10.1. The lowest BCUT2D eigenvalue weighted by atomic mass is 10.1. The van der Waals surface area contributed by atoms with Crippen LogP contribution in [-0.4, -0.2) is 58.6 Å². The first-order valence-corrected chi connectivity index (χ1v) is 16.7. The molecular formula is C40H54N2O2+2. The molecule has 4 aromatic rings. The number of quaternary nitrogens is 2. The monoisotopic (exact) mass is 594 g/mol. The summed E-state index contributed by atoms with van der Waals surface area (Å²) in [4.78, 5) is 0. The molecule has 4 aromatic carbocycles. The Balaban J connectivity index is 1.30. The normalized spacial score (nSPS) is 12.0. The molecule has 0 spiro atoms. The number of aliphatic hydroxyl groups excluding tert-OH is 2. The molecule has 0 aliphatic carbocycles. The lowest BCUT2D eigenvalue weighted by Gasteiger charge is -2.39. The van der Waals surface area contributed by atoms with Crippen molar-refractivity contribution in [2.75, 3.05) is 39.4 Å². The first-order chi connectivity index (χ1) is 21.6. The molecule has 0 saturated carbocycles. The van der Waals surface area contributed by atoms with Crippen molar-refractivity contribution in [2.45, 2.75) is 64.7 Å². The molecule has 4 rings (SSSR count). The molecule has 0 bridgehead atoms. The van der Waals surface area contributed by atoms with Crippen LogP contribution in [0.3, 0.4) is 0 Å². The van der Waals surface area contributed by atoms with Gasteiger partial charge in [-0.25, -0.2) is 0 Å². The molecule has 44 heavy (non-hydrogen) atoms. The quantitative estimate of drug-likeness (QED) is 0.0765. The average Bonchev–Trinajstić information content (AvgIpc) is 3.04. The second-order valence-corrected chi connectivity index (χ2v) is 12.7. The fourth-order valence-electron chi connectivity index (χ4n) is 6.88. The van der Waals surface area contributed by atoms with Gasteiger partial charge in [0.15, 0.2) is 0 Å². The molecule has 0 fully saturated rings. The predicted octanol–water partition coefficient (Wildman–Crippen LogP) is 7.75. The number of hydrogen-bond acceptors (Lipinski definition) is 2. The Bertz CT molecular complexity index is 1100. The van der Waals surface area contributed by atoms with Gasteiger partial charge in [0.05, 0.1) is 26.3 Å². The molecular weight excluding hydrogens is 540 g/mol. The van der Waals surface area contributed by atoms with Gasteiger partial charge in [0.2, 0.25) is 0 Å². The Labute approximate surface area is 266 Å². The lowest BCUT2D eigenvalue weighted by molar-refractivity contribution is -0.954. The summed E-state index contributed by atoms with van der Waals surface area (Å²) in [5.41, 5.74) is 5.36. The minimum atomic E-state index is 0.208. The van der Waals surface area contributed by atoms with Gasteiger partial charge in [-0.05, 0) is 25.7 Å². The second-order valence-electron chi connectivity index (χ2n) is 12.7. The minimum Gasteiger partial charge on any atom is -0.391 e. The van der Waals surface area contributed by atoms with Gasteiger partial charge in [0.25, 0.3) is 0 Å². The number of nitrogens with zero attached hydrogens (tertiary/aromatic N) is 2. The lowest BCUT2D eigenvalue weighted by Crippen LogP contribution is -2.49. The van der Waals surface area contributed by atoms with Gasteiger partial charge in [0.1, 0.15) is 39.3 Å². The summed E-state index contributed by atoms with van der Waals surface area (Å²) in [6, 6.07) is 43.1. The number of rotatable bonds is 21. The van der Waals surface area contributed by atoms with Crippen LogP contribution in [0.2, 0.25) is 0 Å². The minimum absolute atomic E-state index is 0.208. The molecule has 234 valence electrons. The maximum Gasteiger partial charge on any atom is 0.105 e. The smallest absolute Gasteiger partial charge is 0.105 e. The van der Waals surface area contributed by atoms with Crippen molar-refractivity contribution in [1.29, 1.82) is 0 Å². The topological polar surface area (TPSA) is 40.5 Å². The third-order valence-corrected chi connectivity index (χ3v) is 9.11. The largest absolute Gasteiger partial charge is 0.391 e. The summed E-state index contributed by atoms with van der Waals surface area (Å²) in [6.07, 6.45) is 7.28. The number of hydrogen-bond donors (Lipinski definition) is 2. The van der Waals surface area contributed by atoms with Crippen molar-refractivity contribution in [3.63, 3.8) is 0 Å². The number of benzene rings is 4. The van der Waals surface area contributed by atoms with Crippen molar-refractivity contribution in [1.82, 2.24) is 0 Å². The zero-order valence-electron chi connectivity index (χ0n) is 26.6. The number of aliphatic hydroxyl groups is 2. The molecule has 0 aliphatic heterocycles. The first-order valence-electron chi connectivity index (χ1n) is 16.7. The molecule has 4 heteroatoms. The van der Waals surface area contributed by atoms with E-state index in [1.54, 1.807) is 0 Å². The van der Waals surface area contributed by atoms with Gasteiger partial charge >= 0.3 is 0 Å². The molecule has 0 heterocycles. The van der Waals surface area contributed by atoms with Gasteiger partial charge in [-0.1, -0.05) is 134 Å². The summed E-state index contributed by atoms with van der Waals surface area (Å²) in [5, 5.41) is 20.2. The summed E-state index contributed by atoms with van der Waals surface area (Å²) >= 11 is 0. The van der Waals surface area contributed by atoms with Crippen LogP contribution in [0.5, 0.6) is 0 Å². The Kier molecular flexibility index (Phi) is 14.1. The third kappa shape index (κ3) is 11.3. The molecule has 0 aromatic heterocycles. The second kappa shape index (κ2) is 18.5. The van der Waals surface area contributed by atoms with Crippen LogP contribution in [0.1, 0.15) is 60.8 Å². The Morgan fingerprint density at radius 2 is 0.568 bits per heavy atom. The van der Waals surface area contributed by atoms with Crippen LogP contribution in [-0.2, 0) is 26.2 Å². The predicted molar refractivity (Wildman–Crippen MR) is 182 cm³/mol. The third-order valence-electron chi connectivity index (χ3n) is 9.11. The van der Waals surface area contributed by atoms with Crippen molar-refractivity contribution < 1.29 is 19.2 Å². The van der Waals surface area contributed by atoms with Crippen molar-refractivity contribution >= 4 is 0 Å². The highest BCUT2D eigenvalue weighted by molar-refractivity contribution is 5.17. The molecule has 0 amide bonds. The highest BCUT2D eigenvalue weighted by Crippen LogP contribution is 2.24. The van der Waals surface area contributed by atoms with Crippen molar-refractivity contribution in [3.8, 4) is 0 Å². The van der Waals surface area contributed by atoms with E-state index in [2.05, 4.69) is 121 Å². The summed E-state index contributed by atoms with van der Waals surface area (Å²) in [7, 11) is 0. The fraction of sp³-hybridized carbons (Fsp3) is 0.400. The Morgan fingerprint density at radius 1 is 0.318 bits per heavy atom. The molecule has 4 nitrogen and oxygen atoms in total. The van der Waals surface area contributed by atoms with Gasteiger partial charge in [-0.2, -0.15) is 0 Å². The molecule has 2 N–H and O–H groups in total. The van der Waals surface area contributed by atoms with Gasteiger partial charge in [-0.3, -0.25) is 0 Å². The van der Waals surface area contributed by atoms with E-state index in [-0.39, 0.29) is 13.2 Å². The molecule has 0 radical (unpaired) electrons. The molecule has 0 saturated heterocycles. The fourth-order valence-corrected chi connectivity index (χ4v) is 6.88. The van der Waals surface area contributed by atoms with Gasteiger partial charge < -0.3 is 19.2 Å². The van der Waals surface area contributed by atoms with E-state index in [9.17, 15) is 10.2 Å². The van der Waals surface area contributed by atoms with E-state index < -0.39 is 0 Å². The summed E-state index contributed by atoms with van der Waals surface area (Å²) in [5.74, 6) is 0. The molecule has 0 aliphatic rings. The van der Waals surface area contributed by atoms with Crippen molar-refractivity contribution in [3.05, 3.63) is 144 Å². The Hall–Kier alpha value is -3.28. The average molecular weight is 595 g/mol. The summed E-state index contributed by atoms with van der Waals surface area (Å²) < 4.78 is 1.79.